The second kappa shape index (κ2) is 5.29. The molecule has 2 aliphatic heterocycles. The van der Waals surface area contributed by atoms with Crippen LogP contribution in [0.4, 0.5) is 4.79 Å². The van der Waals surface area contributed by atoms with Crippen molar-refractivity contribution in [1.29, 1.82) is 0 Å². The molecule has 1 unspecified atom stereocenters. The van der Waals surface area contributed by atoms with Crippen LogP contribution in [0.3, 0.4) is 0 Å². The van der Waals surface area contributed by atoms with Crippen LogP contribution in [-0.4, -0.2) is 65.9 Å². The largest absolute Gasteiger partial charge is 0.340 e. The third-order valence-electron chi connectivity index (χ3n) is 4.68. The van der Waals surface area contributed by atoms with E-state index in [2.05, 4.69) is 10.6 Å². The molecule has 116 valence electrons. The van der Waals surface area contributed by atoms with Crippen LogP contribution in [0.5, 0.6) is 0 Å². The Labute approximate surface area is 124 Å². The van der Waals surface area contributed by atoms with Gasteiger partial charge < -0.3 is 15.5 Å². The molecule has 1 aliphatic carbocycles. The number of hydrogen-bond acceptors (Lipinski definition) is 4. The molecule has 3 rings (SSSR count). The molecule has 3 fully saturated rings. The van der Waals surface area contributed by atoms with Gasteiger partial charge in [0.15, 0.2) is 0 Å². The molecular formula is C14H22N4O3. The first kappa shape index (κ1) is 14.3. The van der Waals surface area contributed by atoms with Crippen LogP contribution in [-0.2, 0) is 9.59 Å². The van der Waals surface area contributed by atoms with Gasteiger partial charge in [-0.2, -0.15) is 0 Å². The summed E-state index contributed by atoms with van der Waals surface area (Å²) in [5.41, 5.74) is -0.808. The fraction of sp³-hybridized carbons (Fsp3) is 0.786. The van der Waals surface area contributed by atoms with E-state index < -0.39 is 11.6 Å². The highest BCUT2D eigenvalue weighted by Crippen LogP contribution is 2.42. The lowest BCUT2D eigenvalue weighted by Gasteiger charge is -2.23. The van der Waals surface area contributed by atoms with E-state index in [1.54, 1.807) is 11.8 Å². The minimum Gasteiger partial charge on any atom is -0.340 e. The first-order valence-corrected chi connectivity index (χ1v) is 7.65. The summed E-state index contributed by atoms with van der Waals surface area (Å²) in [7, 11) is 0. The monoisotopic (exact) mass is 294 g/mol. The standard InChI is InChI=1S/C14H22N4O3/c1-14(10-3-4-10)12(20)18(13(21)16-14)9-11(19)17-7-2-5-15-6-8-17/h10,15H,2-9H2,1H3,(H,16,21). The van der Waals surface area contributed by atoms with E-state index in [-0.39, 0.29) is 24.3 Å². The second-order valence-corrected chi connectivity index (χ2v) is 6.28. The third-order valence-corrected chi connectivity index (χ3v) is 4.68. The minimum atomic E-state index is -0.808. The Morgan fingerprint density at radius 3 is 2.76 bits per heavy atom. The quantitative estimate of drug-likeness (QED) is 0.690. The molecule has 2 saturated heterocycles. The molecule has 0 spiro atoms. The highest BCUT2D eigenvalue weighted by molar-refractivity contribution is 6.09. The molecule has 0 bridgehead atoms. The Morgan fingerprint density at radius 1 is 1.29 bits per heavy atom. The van der Waals surface area contributed by atoms with Crippen molar-refractivity contribution in [2.45, 2.75) is 31.7 Å². The maximum Gasteiger partial charge on any atom is 0.325 e. The van der Waals surface area contributed by atoms with Crippen molar-refractivity contribution in [3.8, 4) is 0 Å². The van der Waals surface area contributed by atoms with Crippen LogP contribution in [0.1, 0.15) is 26.2 Å². The maximum absolute atomic E-state index is 12.5. The van der Waals surface area contributed by atoms with Crippen molar-refractivity contribution in [3.05, 3.63) is 0 Å². The molecule has 7 nitrogen and oxygen atoms in total. The highest BCUT2D eigenvalue weighted by atomic mass is 16.2. The number of carbonyl (C=O) groups excluding carboxylic acids is 3. The number of urea groups is 1. The van der Waals surface area contributed by atoms with Gasteiger partial charge in [0, 0.05) is 19.6 Å². The molecule has 2 heterocycles. The second-order valence-electron chi connectivity index (χ2n) is 6.28. The molecule has 0 radical (unpaired) electrons. The van der Waals surface area contributed by atoms with Gasteiger partial charge in [0.05, 0.1) is 0 Å². The van der Waals surface area contributed by atoms with Gasteiger partial charge in [-0.15, -0.1) is 0 Å². The summed E-state index contributed by atoms with van der Waals surface area (Å²) in [5.74, 6) is -0.185. The Hall–Kier alpha value is -1.63. The van der Waals surface area contributed by atoms with E-state index in [0.29, 0.717) is 13.1 Å². The van der Waals surface area contributed by atoms with Gasteiger partial charge in [-0.05, 0) is 38.6 Å². The van der Waals surface area contributed by atoms with Crippen molar-refractivity contribution in [2.75, 3.05) is 32.7 Å². The van der Waals surface area contributed by atoms with E-state index in [1.165, 1.54) is 0 Å². The fourth-order valence-electron chi connectivity index (χ4n) is 3.13. The summed E-state index contributed by atoms with van der Waals surface area (Å²) in [6.45, 7) is 4.58. The van der Waals surface area contributed by atoms with Crippen LogP contribution < -0.4 is 10.6 Å². The zero-order valence-electron chi connectivity index (χ0n) is 12.4. The molecule has 3 aliphatic rings. The van der Waals surface area contributed by atoms with Gasteiger partial charge in [0.25, 0.3) is 5.91 Å². The molecule has 21 heavy (non-hydrogen) atoms. The summed E-state index contributed by atoms with van der Waals surface area (Å²) in [6.07, 6.45) is 2.82. The summed E-state index contributed by atoms with van der Waals surface area (Å²) in [6, 6.07) is -0.435. The number of nitrogens with zero attached hydrogens (tertiary/aromatic N) is 2. The molecule has 0 aromatic rings. The van der Waals surface area contributed by atoms with Crippen LogP contribution in [0.25, 0.3) is 0 Å². The van der Waals surface area contributed by atoms with Crippen molar-refractivity contribution in [1.82, 2.24) is 20.4 Å². The van der Waals surface area contributed by atoms with Gasteiger partial charge in [0.2, 0.25) is 5.91 Å². The topological polar surface area (TPSA) is 81.8 Å². The summed E-state index contributed by atoms with van der Waals surface area (Å²) in [5, 5.41) is 5.99. The average molecular weight is 294 g/mol. The molecule has 7 heteroatoms. The SMILES string of the molecule is CC1(C2CC2)NC(=O)N(CC(=O)N2CCCNCC2)C1=O. The first-order valence-electron chi connectivity index (χ1n) is 7.65. The molecule has 0 aromatic carbocycles. The predicted octanol–water partition coefficient (Wildman–Crippen LogP) is -0.471. The summed E-state index contributed by atoms with van der Waals surface area (Å²) < 4.78 is 0. The Balaban J connectivity index is 1.65. The molecule has 1 atom stereocenters. The Kier molecular flexibility index (Phi) is 3.61. The van der Waals surface area contributed by atoms with Crippen molar-refractivity contribution in [3.63, 3.8) is 0 Å². The molecule has 0 aromatic heterocycles. The van der Waals surface area contributed by atoms with E-state index in [1.807, 2.05) is 0 Å². The zero-order valence-corrected chi connectivity index (χ0v) is 12.4. The third kappa shape index (κ3) is 2.62. The number of nitrogens with one attached hydrogen (secondary N) is 2. The molecular weight excluding hydrogens is 272 g/mol. The van der Waals surface area contributed by atoms with Gasteiger partial charge in [0.1, 0.15) is 12.1 Å². The fourth-order valence-corrected chi connectivity index (χ4v) is 3.13. The Morgan fingerprint density at radius 2 is 2.05 bits per heavy atom. The predicted molar refractivity (Wildman–Crippen MR) is 75.4 cm³/mol. The highest BCUT2D eigenvalue weighted by Gasteiger charge is 2.56. The Bertz CT molecular complexity index is 469. The van der Waals surface area contributed by atoms with Crippen LogP contribution >= 0.6 is 0 Å². The lowest BCUT2D eigenvalue weighted by molar-refractivity contribution is -0.139. The van der Waals surface area contributed by atoms with Gasteiger partial charge in [-0.25, -0.2) is 4.79 Å². The average Bonchev–Trinajstić information content (AvgIpc) is 3.27. The number of hydrogen-bond donors (Lipinski definition) is 2. The number of rotatable bonds is 3. The number of amides is 4. The van der Waals surface area contributed by atoms with Gasteiger partial charge in [-0.1, -0.05) is 0 Å². The normalized spacial score (nSPS) is 30.3. The van der Waals surface area contributed by atoms with Crippen LogP contribution in [0.2, 0.25) is 0 Å². The lowest BCUT2D eigenvalue weighted by atomic mass is 9.96. The first-order chi connectivity index (χ1) is 10.0. The van der Waals surface area contributed by atoms with E-state index in [0.717, 1.165) is 37.3 Å². The smallest absolute Gasteiger partial charge is 0.325 e. The van der Waals surface area contributed by atoms with Gasteiger partial charge >= 0.3 is 6.03 Å². The number of carbonyl (C=O) groups is 3. The van der Waals surface area contributed by atoms with E-state index >= 15 is 0 Å². The summed E-state index contributed by atoms with van der Waals surface area (Å²) in [4.78, 5) is 39.6. The van der Waals surface area contributed by atoms with E-state index in [4.69, 9.17) is 0 Å². The van der Waals surface area contributed by atoms with Crippen molar-refractivity contribution in [2.24, 2.45) is 5.92 Å². The minimum absolute atomic E-state index is 0.146. The number of imide groups is 1. The van der Waals surface area contributed by atoms with Gasteiger partial charge in [-0.3, -0.25) is 14.5 Å². The van der Waals surface area contributed by atoms with Crippen molar-refractivity contribution >= 4 is 17.8 Å². The van der Waals surface area contributed by atoms with Crippen LogP contribution in [0, 0.1) is 5.92 Å². The van der Waals surface area contributed by atoms with Crippen LogP contribution in [0.15, 0.2) is 0 Å². The maximum atomic E-state index is 12.5. The summed E-state index contributed by atoms with van der Waals surface area (Å²) >= 11 is 0. The lowest BCUT2D eigenvalue weighted by Crippen LogP contribution is -2.47. The molecule has 4 amide bonds. The van der Waals surface area contributed by atoms with E-state index in [9.17, 15) is 14.4 Å². The molecule has 1 saturated carbocycles. The van der Waals surface area contributed by atoms with Crippen molar-refractivity contribution < 1.29 is 14.4 Å². The molecule has 2 N–H and O–H groups in total. The zero-order chi connectivity index (χ0) is 15.0.